The fraction of sp³-hybridized carbons (Fsp3) is 0.500. The molecule has 0 bridgehead atoms. The molecule has 0 aliphatic heterocycles. The number of hydrogen-bond acceptors (Lipinski definition) is 2. The number of carbonyl (C=O) groups is 1. The Hall–Kier alpha value is -2.40. The number of hydrogen-bond donors (Lipinski definition) is 0. The van der Waals surface area contributed by atoms with Crippen LogP contribution in [0.5, 0.6) is 0 Å². The van der Waals surface area contributed by atoms with Crippen molar-refractivity contribution in [2.24, 2.45) is 5.41 Å². The lowest BCUT2D eigenvalue weighted by molar-refractivity contribution is 0.101. The van der Waals surface area contributed by atoms with Gasteiger partial charge in [0.15, 0.2) is 5.78 Å². The molecule has 2 aromatic carbocycles. The summed E-state index contributed by atoms with van der Waals surface area (Å²) in [5.74, 6) is 0.534. The highest BCUT2D eigenvalue weighted by Gasteiger charge is 2.36. The number of nitrogens with zero attached hydrogens (tertiary/aromatic N) is 1. The number of carbonyl (C=O) groups excluding carboxylic acids is 1. The third kappa shape index (κ3) is 5.39. The van der Waals surface area contributed by atoms with E-state index in [4.69, 9.17) is 0 Å². The number of unbranched alkanes of at least 4 members (excludes halogenated alkanes) is 4. The van der Waals surface area contributed by atoms with E-state index < -0.39 is 0 Å². The molecule has 0 heterocycles. The molecule has 158 valence electrons. The van der Waals surface area contributed by atoms with Gasteiger partial charge in [-0.25, -0.2) is 0 Å². The SMILES string of the molecule is CCCCCCCC1(C#N)CCC(c2cc(C(C)=O)ccc2-c2ccccc2)CC1. The second-order valence-corrected chi connectivity index (χ2v) is 9.05. The van der Waals surface area contributed by atoms with Gasteiger partial charge in [-0.05, 0) is 67.7 Å². The molecule has 2 heteroatoms. The Kier molecular flexibility index (Phi) is 7.86. The molecule has 0 saturated heterocycles. The quantitative estimate of drug-likeness (QED) is 0.315. The number of rotatable bonds is 9. The summed E-state index contributed by atoms with van der Waals surface area (Å²) < 4.78 is 0. The number of nitriles is 1. The van der Waals surface area contributed by atoms with Gasteiger partial charge in [0.2, 0.25) is 0 Å². The fourth-order valence-corrected chi connectivity index (χ4v) is 4.97. The minimum Gasteiger partial charge on any atom is -0.295 e. The Morgan fingerprint density at radius 1 is 1.03 bits per heavy atom. The predicted molar refractivity (Wildman–Crippen MR) is 125 cm³/mol. The van der Waals surface area contributed by atoms with Crippen LogP contribution in [0.4, 0.5) is 0 Å². The van der Waals surface area contributed by atoms with Crippen molar-refractivity contribution in [1.82, 2.24) is 0 Å². The molecule has 1 saturated carbocycles. The standard InChI is InChI=1S/C28H35NO/c1-3-4-5-6-10-17-28(21-29)18-15-24(16-19-28)27-20-25(22(2)30)13-14-26(27)23-11-8-7-9-12-23/h7-9,11-14,20,24H,3-6,10,15-19H2,1-2H3. The van der Waals surface area contributed by atoms with Crippen LogP contribution >= 0.6 is 0 Å². The Balaban J connectivity index is 1.76. The van der Waals surface area contributed by atoms with Gasteiger partial charge in [-0.15, -0.1) is 0 Å². The van der Waals surface area contributed by atoms with Gasteiger partial charge >= 0.3 is 0 Å². The number of benzene rings is 2. The minimum absolute atomic E-state index is 0.116. The molecule has 0 unspecified atom stereocenters. The van der Waals surface area contributed by atoms with Gasteiger partial charge in [-0.3, -0.25) is 4.79 Å². The number of ketones is 1. The van der Waals surface area contributed by atoms with E-state index in [9.17, 15) is 10.1 Å². The maximum Gasteiger partial charge on any atom is 0.159 e. The average Bonchev–Trinajstić information content (AvgIpc) is 2.79. The van der Waals surface area contributed by atoms with Crippen molar-refractivity contribution in [2.45, 2.75) is 84.0 Å². The Labute approximate surface area is 182 Å². The van der Waals surface area contributed by atoms with Crippen molar-refractivity contribution in [3.63, 3.8) is 0 Å². The molecule has 1 fully saturated rings. The highest BCUT2D eigenvalue weighted by atomic mass is 16.1. The highest BCUT2D eigenvalue weighted by Crippen LogP contribution is 2.47. The molecule has 0 spiro atoms. The van der Waals surface area contributed by atoms with Crippen molar-refractivity contribution >= 4 is 5.78 Å². The third-order valence-corrected chi connectivity index (χ3v) is 6.92. The molecule has 1 aliphatic carbocycles. The zero-order chi connectivity index (χ0) is 21.4. The van der Waals surface area contributed by atoms with Crippen molar-refractivity contribution < 1.29 is 4.79 Å². The number of Topliss-reactive ketones (excluding diaryl/α,β-unsaturated/α-hetero) is 1. The van der Waals surface area contributed by atoms with E-state index in [1.807, 2.05) is 12.1 Å². The average molecular weight is 402 g/mol. The van der Waals surface area contributed by atoms with Gasteiger partial charge in [0, 0.05) is 5.56 Å². The molecule has 0 atom stereocenters. The van der Waals surface area contributed by atoms with E-state index in [0.29, 0.717) is 5.92 Å². The molecular weight excluding hydrogens is 366 g/mol. The van der Waals surface area contributed by atoms with Gasteiger partial charge in [0.1, 0.15) is 0 Å². The van der Waals surface area contributed by atoms with Gasteiger partial charge in [-0.1, -0.05) is 81.5 Å². The molecule has 0 radical (unpaired) electrons. The van der Waals surface area contributed by atoms with Crippen molar-refractivity contribution in [2.75, 3.05) is 0 Å². The summed E-state index contributed by atoms with van der Waals surface area (Å²) in [5, 5.41) is 9.96. The molecule has 30 heavy (non-hydrogen) atoms. The van der Waals surface area contributed by atoms with Crippen molar-refractivity contribution in [3.8, 4) is 17.2 Å². The second-order valence-electron chi connectivity index (χ2n) is 9.05. The lowest BCUT2D eigenvalue weighted by Gasteiger charge is -2.36. The van der Waals surface area contributed by atoms with Crippen LogP contribution in [-0.2, 0) is 0 Å². The van der Waals surface area contributed by atoms with E-state index in [-0.39, 0.29) is 11.2 Å². The first-order valence-electron chi connectivity index (χ1n) is 11.7. The predicted octanol–water partition coefficient (Wildman–Crippen LogP) is 8.08. The molecule has 2 aromatic rings. The Morgan fingerprint density at radius 3 is 2.37 bits per heavy atom. The van der Waals surface area contributed by atoms with Crippen LogP contribution in [0, 0.1) is 16.7 Å². The largest absolute Gasteiger partial charge is 0.295 e. The van der Waals surface area contributed by atoms with Crippen LogP contribution < -0.4 is 0 Å². The first-order chi connectivity index (χ1) is 14.6. The summed E-state index contributed by atoms with van der Waals surface area (Å²) in [4.78, 5) is 12.0. The van der Waals surface area contributed by atoms with E-state index in [0.717, 1.165) is 37.7 Å². The summed E-state index contributed by atoms with van der Waals surface area (Å²) >= 11 is 0. The summed E-state index contributed by atoms with van der Waals surface area (Å²) in [6, 6.07) is 19.3. The monoisotopic (exact) mass is 401 g/mol. The first-order valence-corrected chi connectivity index (χ1v) is 11.7. The maximum absolute atomic E-state index is 12.0. The van der Waals surface area contributed by atoms with Crippen LogP contribution in [-0.4, -0.2) is 5.78 Å². The smallest absolute Gasteiger partial charge is 0.159 e. The van der Waals surface area contributed by atoms with Crippen LogP contribution in [0.3, 0.4) is 0 Å². The third-order valence-electron chi connectivity index (χ3n) is 6.92. The highest BCUT2D eigenvalue weighted by molar-refractivity contribution is 5.95. The van der Waals surface area contributed by atoms with Crippen molar-refractivity contribution in [3.05, 3.63) is 59.7 Å². The normalized spacial score (nSPS) is 21.2. The van der Waals surface area contributed by atoms with Crippen LogP contribution in [0.25, 0.3) is 11.1 Å². The fourth-order valence-electron chi connectivity index (χ4n) is 4.97. The van der Waals surface area contributed by atoms with E-state index >= 15 is 0 Å². The summed E-state index contributed by atoms with van der Waals surface area (Å²) in [5.41, 5.74) is 4.36. The van der Waals surface area contributed by atoms with Crippen LogP contribution in [0.2, 0.25) is 0 Å². The first kappa shape index (κ1) is 22.3. The van der Waals surface area contributed by atoms with Gasteiger partial charge in [0.25, 0.3) is 0 Å². The molecular formula is C28H35NO. The van der Waals surface area contributed by atoms with E-state index in [1.165, 1.54) is 48.8 Å². The zero-order valence-electron chi connectivity index (χ0n) is 18.6. The summed E-state index contributed by atoms with van der Waals surface area (Å²) in [6.45, 7) is 3.88. The van der Waals surface area contributed by atoms with Gasteiger partial charge < -0.3 is 0 Å². The van der Waals surface area contributed by atoms with Gasteiger partial charge in [0.05, 0.1) is 11.5 Å². The molecule has 0 N–H and O–H groups in total. The molecule has 1 aliphatic rings. The topological polar surface area (TPSA) is 40.9 Å². The molecule has 2 nitrogen and oxygen atoms in total. The lowest BCUT2D eigenvalue weighted by Crippen LogP contribution is -2.25. The van der Waals surface area contributed by atoms with Gasteiger partial charge in [-0.2, -0.15) is 5.26 Å². The van der Waals surface area contributed by atoms with Crippen LogP contribution in [0.15, 0.2) is 48.5 Å². The minimum atomic E-state index is -0.145. The van der Waals surface area contributed by atoms with Crippen molar-refractivity contribution in [1.29, 1.82) is 5.26 Å². The lowest BCUT2D eigenvalue weighted by atomic mass is 9.66. The molecule has 0 aromatic heterocycles. The summed E-state index contributed by atoms with van der Waals surface area (Å²) in [7, 11) is 0. The molecule has 3 rings (SSSR count). The Bertz CT molecular complexity index is 869. The maximum atomic E-state index is 12.0. The Morgan fingerprint density at radius 2 is 1.73 bits per heavy atom. The van der Waals surface area contributed by atoms with Crippen LogP contribution in [0.1, 0.15) is 99.9 Å². The molecule has 0 amide bonds. The summed E-state index contributed by atoms with van der Waals surface area (Å²) in [6.07, 6.45) is 11.3. The second kappa shape index (κ2) is 10.6. The van der Waals surface area contributed by atoms with E-state index in [1.54, 1.807) is 6.92 Å². The zero-order valence-corrected chi connectivity index (χ0v) is 18.6. The van der Waals surface area contributed by atoms with E-state index in [2.05, 4.69) is 49.4 Å².